The molecule has 2 heterocycles. The van der Waals surface area contributed by atoms with E-state index in [4.69, 9.17) is 4.74 Å². The van der Waals surface area contributed by atoms with Crippen molar-refractivity contribution >= 4 is 49.6 Å². The minimum atomic E-state index is 0.499. The van der Waals surface area contributed by atoms with Crippen molar-refractivity contribution in [1.29, 1.82) is 0 Å². The summed E-state index contributed by atoms with van der Waals surface area (Å²) in [5, 5.41) is 5.05. The molecule has 5 nitrogen and oxygen atoms in total. The molecular formula is C13H10BrIN4O. The maximum atomic E-state index is 5.96. The highest BCUT2D eigenvalue weighted by Crippen LogP contribution is 2.33. The van der Waals surface area contributed by atoms with Gasteiger partial charge in [0.05, 0.1) is 3.57 Å². The van der Waals surface area contributed by atoms with E-state index >= 15 is 0 Å². The molecule has 20 heavy (non-hydrogen) atoms. The molecule has 0 N–H and O–H groups in total. The highest BCUT2D eigenvalue weighted by molar-refractivity contribution is 14.1. The van der Waals surface area contributed by atoms with E-state index < -0.39 is 0 Å². The zero-order valence-electron chi connectivity index (χ0n) is 10.8. The minimum Gasteiger partial charge on any atom is -0.437 e. The quantitative estimate of drug-likeness (QED) is 0.563. The molecule has 0 aliphatic rings. The van der Waals surface area contributed by atoms with Gasteiger partial charge in [0.15, 0.2) is 5.65 Å². The number of halogens is 2. The van der Waals surface area contributed by atoms with E-state index in [1.165, 1.54) is 6.33 Å². The highest BCUT2D eigenvalue weighted by Gasteiger charge is 2.15. The van der Waals surface area contributed by atoms with E-state index in [0.717, 1.165) is 25.9 Å². The first-order valence-corrected chi connectivity index (χ1v) is 7.70. The van der Waals surface area contributed by atoms with Gasteiger partial charge < -0.3 is 4.74 Å². The Balaban J connectivity index is 2.13. The summed E-state index contributed by atoms with van der Waals surface area (Å²) in [6, 6.07) is 6.05. The van der Waals surface area contributed by atoms with E-state index in [-0.39, 0.29) is 0 Å². The van der Waals surface area contributed by atoms with Crippen LogP contribution in [0.1, 0.15) is 5.56 Å². The molecule has 3 rings (SSSR count). The molecule has 0 amide bonds. The largest absolute Gasteiger partial charge is 0.437 e. The fourth-order valence-corrected chi connectivity index (χ4v) is 2.92. The first-order chi connectivity index (χ1) is 9.56. The van der Waals surface area contributed by atoms with Crippen LogP contribution in [0.15, 0.2) is 29.1 Å². The maximum absolute atomic E-state index is 5.96. The van der Waals surface area contributed by atoms with Crippen LogP contribution >= 0.6 is 38.5 Å². The predicted molar refractivity (Wildman–Crippen MR) is 88.0 cm³/mol. The van der Waals surface area contributed by atoms with E-state index in [1.54, 1.807) is 4.68 Å². The topological polar surface area (TPSA) is 52.8 Å². The molecule has 3 aromatic rings. The van der Waals surface area contributed by atoms with Gasteiger partial charge in [-0.3, -0.25) is 0 Å². The molecule has 0 aliphatic carbocycles. The fraction of sp³-hybridized carbons (Fsp3) is 0.154. The van der Waals surface area contributed by atoms with Gasteiger partial charge in [0.1, 0.15) is 22.1 Å². The fourth-order valence-electron chi connectivity index (χ4n) is 1.89. The summed E-state index contributed by atoms with van der Waals surface area (Å²) < 4.78 is 9.35. The molecule has 0 fully saturated rings. The van der Waals surface area contributed by atoms with Crippen molar-refractivity contribution in [1.82, 2.24) is 19.7 Å². The molecule has 0 saturated heterocycles. The Morgan fingerprint density at radius 1 is 1.30 bits per heavy atom. The molecule has 0 atom stereocenters. The van der Waals surface area contributed by atoms with E-state index in [2.05, 4.69) is 53.6 Å². The van der Waals surface area contributed by atoms with Crippen molar-refractivity contribution in [2.45, 2.75) is 6.92 Å². The molecule has 7 heteroatoms. The first kappa shape index (κ1) is 13.7. The predicted octanol–water partition coefficient (Wildman–Crippen LogP) is 3.83. The summed E-state index contributed by atoms with van der Waals surface area (Å²) in [5.41, 5.74) is 1.86. The molecule has 102 valence electrons. The molecule has 0 saturated carbocycles. The van der Waals surface area contributed by atoms with Crippen molar-refractivity contribution in [2.75, 3.05) is 0 Å². The van der Waals surface area contributed by atoms with Crippen molar-refractivity contribution in [3.05, 3.63) is 38.3 Å². The molecule has 0 unspecified atom stereocenters. The number of fused-ring (bicyclic) bond motifs is 1. The lowest BCUT2D eigenvalue weighted by molar-refractivity contribution is 0.464. The second kappa shape index (κ2) is 5.28. The van der Waals surface area contributed by atoms with Gasteiger partial charge in [0.2, 0.25) is 5.88 Å². The van der Waals surface area contributed by atoms with Crippen LogP contribution in [0, 0.1) is 10.5 Å². The molecule has 2 aromatic heterocycles. The van der Waals surface area contributed by atoms with Crippen LogP contribution in [-0.2, 0) is 7.05 Å². The highest BCUT2D eigenvalue weighted by atomic mass is 127. The normalized spacial score (nSPS) is 11.0. The minimum absolute atomic E-state index is 0.499. The number of aromatic nitrogens is 4. The van der Waals surface area contributed by atoms with Crippen LogP contribution in [0.4, 0.5) is 0 Å². The van der Waals surface area contributed by atoms with Crippen molar-refractivity contribution in [3.63, 3.8) is 0 Å². The van der Waals surface area contributed by atoms with Crippen molar-refractivity contribution < 1.29 is 4.74 Å². The van der Waals surface area contributed by atoms with Gasteiger partial charge in [-0.25, -0.2) is 14.6 Å². The van der Waals surface area contributed by atoms with E-state index in [9.17, 15) is 0 Å². The number of hydrogen-bond acceptors (Lipinski definition) is 4. The van der Waals surface area contributed by atoms with Gasteiger partial charge in [-0.15, -0.1) is 0 Å². The zero-order chi connectivity index (χ0) is 14.3. The standard InChI is InChI=1S/C13H10BrIN4O/c1-7-3-4-8(15)9(5-7)20-13-10-11(14)18-19(2)12(10)16-6-17-13/h3-6H,1-2H3. The van der Waals surface area contributed by atoms with Crippen LogP contribution < -0.4 is 4.74 Å². The van der Waals surface area contributed by atoms with Gasteiger partial charge in [0.25, 0.3) is 0 Å². The van der Waals surface area contributed by atoms with Crippen LogP contribution in [-0.4, -0.2) is 19.7 Å². The molecule has 0 radical (unpaired) electrons. The van der Waals surface area contributed by atoms with Crippen LogP contribution in [0.2, 0.25) is 0 Å². The lowest BCUT2D eigenvalue weighted by Crippen LogP contribution is -1.95. The molecule has 0 bridgehead atoms. The Bertz CT molecular complexity index is 802. The number of hydrogen-bond donors (Lipinski definition) is 0. The van der Waals surface area contributed by atoms with E-state index in [1.807, 2.05) is 32.2 Å². The molecule has 0 spiro atoms. The Labute approximate surface area is 137 Å². The summed E-state index contributed by atoms with van der Waals surface area (Å²) in [5.74, 6) is 1.28. The number of benzene rings is 1. The second-order valence-electron chi connectivity index (χ2n) is 4.33. The van der Waals surface area contributed by atoms with Gasteiger partial charge in [-0.2, -0.15) is 5.10 Å². The van der Waals surface area contributed by atoms with Crippen molar-refractivity contribution in [2.24, 2.45) is 7.05 Å². The summed E-state index contributed by atoms with van der Waals surface area (Å²) >= 11 is 5.66. The molecule has 1 aromatic carbocycles. The number of aryl methyl sites for hydroxylation is 2. The maximum Gasteiger partial charge on any atom is 0.234 e. The SMILES string of the molecule is Cc1ccc(I)c(Oc2ncnc3c2c(Br)nn3C)c1. The first-order valence-electron chi connectivity index (χ1n) is 5.83. The molecule has 0 aliphatic heterocycles. The van der Waals surface area contributed by atoms with Crippen molar-refractivity contribution in [3.8, 4) is 11.6 Å². The average Bonchev–Trinajstić information content (AvgIpc) is 2.71. The van der Waals surface area contributed by atoms with E-state index in [0.29, 0.717) is 10.5 Å². The number of rotatable bonds is 2. The summed E-state index contributed by atoms with van der Waals surface area (Å²) in [7, 11) is 1.83. The Morgan fingerprint density at radius 3 is 2.90 bits per heavy atom. The van der Waals surface area contributed by atoms with Gasteiger partial charge in [0, 0.05) is 7.05 Å². The lowest BCUT2D eigenvalue weighted by atomic mass is 10.2. The van der Waals surface area contributed by atoms with Gasteiger partial charge >= 0.3 is 0 Å². The van der Waals surface area contributed by atoms with Crippen LogP contribution in [0.3, 0.4) is 0 Å². The second-order valence-corrected chi connectivity index (χ2v) is 6.24. The third kappa shape index (κ3) is 2.39. The summed E-state index contributed by atoms with van der Waals surface area (Å²) in [6.07, 6.45) is 1.48. The van der Waals surface area contributed by atoms with Gasteiger partial charge in [-0.1, -0.05) is 6.07 Å². The summed E-state index contributed by atoms with van der Waals surface area (Å²) in [4.78, 5) is 8.45. The Hall–Kier alpha value is -1.22. The molecular weight excluding hydrogens is 435 g/mol. The lowest BCUT2D eigenvalue weighted by Gasteiger charge is -2.08. The zero-order valence-corrected chi connectivity index (χ0v) is 14.5. The van der Waals surface area contributed by atoms with Crippen LogP contribution in [0.25, 0.3) is 11.0 Å². The monoisotopic (exact) mass is 444 g/mol. The smallest absolute Gasteiger partial charge is 0.234 e. The Kier molecular flexibility index (Phi) is 3.63. The van der Waals surface area contributed by atoms with Crippen LogP contribution in [0.5, 0.6) is 11.6 Å². The van der Waals surface area contributed by atoms with Gasteiger partial charge in [-0.05, 0) is 63.1 Å². The number of ether oxygens (including phenoxy) is 1. The third-order valence-electron chi connectivity index (χ3n) is 2.84. The number of nitrogens with zero attached hydrogens (tertiary/aromatic N) is 4. The third-order valence-corrected chi connectivity index (χ3v) is 4.28. The average molecular weight is 445 g/mol. The Morgan fingerprint density at radius 2 is 2.10 bits per heavy atom. The summed E-state index contributed by atoms with van der Waals surface area (Å²) in [6.45, 7) is 2.03.